The van der Waals surface area contributed by atoms with Crippen molar-refractivity contribution in [1.29, 1.82) is 0 Å². The Kier molecular flexibility index (Phi) is 6.02. The molecule has 0 spiro atoms. The van der Waals surface area contributed by atoms with Crippen molar-refractivity contribution in [3.8, 4) is 0 Å². The third-order valence-electron chi connectivity index (χ3n) is 4.43. The lowest BCUT2D eigenvalue weighted by Crippen LogP contribution is -2.49. The number of carboxylic acid groups (broad SMARTS) is 1. The lowest BCUT2D eigenvalue weighted by molar-refractivity contribution is -0.307. The zero-order valence-corrected chi connectivity index (χ0v) is 13.8. The van der Waals surface area contributed by atoms with E-state index < -0.39 is 18.1 Å². The first kappa shape index (κ1) is 17.3. The summed E-state index contributed by atoms with van der Waals surface area (Å²) in [5, 5.41) is 11.4. The minimum atomic E-state index is -1.25. The minimum Gasteiger partial charge on any atom is -0.548 e. The topological polar surface area (TPSA) is 69.7 Å². The van der Waals surface area contributed by atoms with Crippen molar-refractivity contribution in [2.45, 2.75) is 52.0 Å². The largest absolute Gasteiger partial charge is 0.548 e. The molecule has 0 bridgehead atoms. The minimum absolute atomic E-state index is 0.265. The number of nitrogens with zero attached hydrogens (tertiary/aromatic N) is 1. The van der Waals surface area contributed by atoms with Gasteiger partial charge in [-0.15, -0.1) is 0 Å². The van der Waals surface area contributed by atoms with Gasteiger partial charge in [-0.2, -0.15) is 0 Å². The number of carboxylic acids is 1. The number of amides is 1. The number of aliphatic carboxylic acids is 1. The van der Waals surface area contributed by atoms with Gasteiger partial charge in [-0.25, -0.2) is 4.79 Å². The maximum atomic E-state index is 12.4. The van der Waals surface area contributed by atoms with E-state index in [2.05, 4.69) is 13.8 Å². The molecule has 2 unspecified atom stereocenters. The molecule has 0 radical (unpaired) electrons. The highest BCUT2D eigenvalue weighted by Gasteiger charge is 2.35. The fourth-order valence-corrected chi connectivity index (χ4v) is 2.96. The van der Waals surface area contributed by atoms with Gasteiger partial charge < -0.3 is 14.6 Å². The van der Waals surface area contributed by atoms with Crippen LogP contribution in [0.25, 0.3) is 0 Å². The molecule has 2 rings (SSSR count). The molecule has 5 nitrogen and oxygen atoms in total. The molecular weight excluding hydrogens is 294 g/mol. The average molecular weight is 318 g/mol. The lowest BCUT2D eigenvalue weighted by Gasteiger charge is -2.26. The number of unbranched alkanes of at least 4 members (excludes halogenated alkanes) is 1. The third kappa shape index (κ3) is 4.03. The van der Waals surface area contributed by atoms with E-state index >= 15 is 0 Å². The van der Waals surface area contributed by atoms with Gasteiger partial charge in [-0.3, -0.25) is 4.90 Å². The van der Waals surface area contributed by atoms with Crippen molar-refractivity contribution in [3.05, 3.63) is 29.8 Å². The summed E-state index contributed by atoms with van der Waals surface area (Å²) in [5.74, 6) is -0.936. The number of carbonyl (C=O) groups is 2. The number of hydrogen-bond donors (Lipinski definition) is 0. The highest BCUT2D eigenvalue weighted by Crippen LogP contribution is 2.32. The number of para-hydroxylation sites is 1. The zero-order chi connectivity index (χ0) is 16.8. The van der Waals surface area contributed by atoms with Crippen molar-refractivity contribution >= 4 is 17.7 Å². The molecule has 1 amide bonds. The second kappa shape index (κ2) is 7.99. The van der Waals surface area contributed by atoms with Gasteiger partial charge >= 0.3 is 6.09 Å². The van der Waals surface area contributed by atoms with Gasteiger partial charge in [0, 0.05) is 6.42 Å². The Labute approximate surface area is 137 Å². The van der Waals surface area contributed by atoms with Crippen molar-refractivity contribution in [3.63, 3.8) is 0 Å². The molecule has 1 aliphatic heterocycles. The Morgan fingerprint density at radius 2 is 2.09 bits per heavy atom. The van der Waals surface area contributed by atoms with Gasteiger partial charge in [0.15, 0.2) is 0 Å². The lowest BCUT2D eigenvalue weighted by atomic mass is 10.0. The first-order valence-corrected chi connectivity index (χ1v) is 8.33. The summed E-state index contributed by atoms with van der Waals surface area (Å²) < 4.78 is 5.41. The fourth-order valence-electron chi connectivity index (χ4n) is 2.96. The second-order valence-corrected chi connectivity index (χ2v) is 6.03. The predicted octanol–water partition coefficient (Wildman–Crippen LogP) is 2.52. The number of rotatable bonds is 7. The van der Waals surface area contributed by atoms with Crippen LogP contribution in [-0.2, 0) is 16.0 Å². The van der Waals surface area contributed by atoms with E-state index in [9.17, 15) is 14.7 Å². The summed E-state index contributed by atoms with van der Waals surface area (Å²) in [5.41, 5.74) is 1.44. The summed E-state index contributed by atoms with van der Waals surface area (Å²) >= 11 is 0. The SMILES string of the molecule is CCCCC(CC)COC(=O)N1c2ccccc2CC1C(=O)[O-]. The van der Waals surface area contributed by atoms with E-state index in [-0.39, 0.29) is 6.42 Å². The molecule has 126 valence electrons. The molecule has 0 aromatic heterocycles. The third-order valence-corrected chi connectivity index (χ3v) is 4.43. The molecule has 1 heterocycles. The van der Waals surface area contributed by atoms with Gasteiger partial charge in [0.1, 0.15) is 0 Å². The molecule has 0 saturated heterocycles. The molecule has 1 aliphatic rings. The molecule has 5 heteroatoms. The zero-order valence-electron chi connectivity index (χ0n) is 13.8. The Bertz CT molecular complexity index is 558. The van der Waals surface area contributed by atoms with Crippen molar-refractivity contribution in [2.24, 2.45) is 5.92 Å². The van der Waals surface area contributed by atoms with Gasteiger partial charge in [0.25, 0.3) is 0 Å². The van der Waals surface area contributed by atoms with Crippen LogP contribution in [0.1, 0.15) is 45.1 Å². The van der Waals surface area contributed by atoms with Gasteiger partial charge in [-0.05, 0) is 24.0 Å². The van der Waals surface area contributed by atoms with E-state index in [0.717, 1.165) is 31.2 Å². The molecule has 0 saturated carbocycles. The Balaban J connectivity index is 2.05. The Morgan fingerprint density at radius 3 is 2.74 bits per heavy atom. The van der Waals surface area contributed by atoms with Crippen LogP contribution in [0.3, 0.4) is 0 Å². The van der Waals surface area contributed by atoms with Crippen LogP contribution in [0.2, 0.25) is 0 Å². The first-order valence-electron chi connectivity index (χ1n) is 8.33. The standard InChI is InChI=1S/C18H25NO4/c1-3-5-8-13(4-2)12-23-18(22)19-15-10-7-6-9-14(15)11-16(19)17(20)21/h6-7,9-10,13,16H,3-5,8,11-12H2,1-2H3,(H,20,21)/p-1. The van der Waals surface area contributed by atoms with Crippen LogP contribution in [0.5, 0.6) is 0 Å². The van der Waals surface area contributed by atoms with Gasteiger partial charge in [-0.1, -0.05) is 51.3 Å². The Hall–Kier alpha value is -2.04. The van der Waals surface area contributed by atoms with Crippen LogP contribution in [0.15, 0.2) is 24.3 Å². The van der Waals surface area contributed by atoms with Crippen LogP contribution in [0.4, 0.5) is 10.5 Å². The van der Waals surface area contributed by atoms with Crippen molar-refractivity contribution in [2.75, 3.05) is 11.5 Å². The number of ether oxygens (including phenoxy) is 1. The monoisotopic (exact) mass is 318 g/mol. The molecule has 0 fully saturated rings. The number of benzene rings is 1. The van der Waals surface area contributed by atoms with E-state index in [4.69, 9.17) is 4.74 Å². The summed E-state index contributed by atoms with van der Waals surface area (Å²) in [6, 6.07) is 6.20. The number of hydrogen-bond acceptors (Lipinski definition) is 4. The smallest absolute Gasteiger partial charge is 0.414 e. The second-order valence-electron chi connectivity index (χ2n) is 6.03. The fraction of sp³-hybridized carbons (Fsp3) is 0.556. The van der Waals surface area contributed by atoms with Crippen LogP contribution < -0.4 is 10.0 Å². The predicted molar refractivity (Wildman–Crippen MR) is 86.1 cm³/mol. The Morgan fingerprint density at radius 1 is 1.35 bits per heavy atom. The van der Waals surface area contributed by atoms with Crippen molar-refractivity contribution < 1.29 is 19.4 Å². The van der Waals surface area contributed by atoms with E-state index in [1.54, 1.807) is 12.1 Å². The maximum Gasteiger partial charge on any atom is 0.414 e. The molecule has 0 N–H and O–H groups in total. The number of fused-ring (bicyclic) bond motifs is 1. The highest BCUT2D eigenvalue weighted by molar-refractivity contribution is 5.97. The maximum absolute atomic E-state index is 12.4. The summed E-state index contributed by atoms with van der Waals surface area (Å²) in [4.78, 5) is 25.0. The molecule has 1 aromatic rings. The highest BCUT2D eigenvalue weighted by atomic mass is 16.6. The summed E-state index contributed by atoms with van der Waals surface area (Å²) in [6.45, 7) is 4.53. The average Bonchev–Trinajstić information content (AvgIpc) is 2.94. The van der Waals surface area contributed by atoms with Crippen LogP contribution >= 0.6 is 0 Å². The molecule has 2 atom stereocenters. The van der Waals surface area contributed by atoms with Crippen molar-refractivity contribution in [1.82, 2.24) is 0 Å². The molecular formula is C18H24NO4-. The van der Waals surface area contributed by atoms with Crippen LogP contribution in [0, 0.1) is 5.92 Å². The summed E-state index contributed by atoms with van der Waals surface area (Å²) in [7, 11) is 0. The number of anilines is 1. The van der Waals surface area contributed by atoms with Gasteiger partial charge in [0.2, 0.25) is 0 Å². The van der Waals surface area contributed by atoms with E-state index in [0.29, 0.717) is 18.2 Å². The van der Waals surface area contributed by atoms with E-state index in [1.807, 2.05) is 12.1 Å². The normalized spacial score (nSPS) is 17.7. The first-order chi connectivity index (χ1) is 11.1. The van der Waals surface area contributed by atoms with Gasteiger partial charge in [0.05, 0.1) is 24.3 Å². The summed E-state index contributed by atoms with van der Waals surface area (Å²) in [6.07, 6.45) is 3.83. The van der Waals surface area contributed by atoms with Crippen LogP contribution in [-0.4, -0.2) is 24.7 Å². The quantitative estimate of drug-likeness (QED) is 0.774. The molecule has 1 aromatic carbocycles. The number of carbonyl (C=O) groups excluding carboxylic acids is 2. The molecule has 23 heavy (non-hydrogen) atoms. The molecule has 0 aliphatic carbocycles. The van der Waals surface area contributed by atoms with E-state index in [1.165, 1.54) is 4.90 Å².